The van der Waals surface area contributed by atoms with Crippen LogP contribution in [0.3, 0.4) is 0 Å². The van der Waals surface area contributed by atoms with Gasteiger partial charge in [0, 0.05) is 11.1 Å². The summed E-state index contributed by atoms with van der Waals surface area (Å²) in [6.07, 6.45) is 0. The van der Waals surface area contributed by atoms with E-state index in [0.717, 1.165) is 12.3 Å². The maximum Gasteiger partial charge on any atom is 0.127 e. The van der Waals surface area contributed by atoms with E-state index in [2.05, 4.69) is 54.7 Å². The van der Waals surface area contributed by atoms with Crippen molar-refractivity contribution < 1.29 is 10.1 Å². The fraction of sp³-hybridized carbons (Fsp3) is 0.250. The molecule has 0 fully saturated rings. The highest BCUT2D eigenvalue weighted by atomic mass is 16.5. The van der Waals surface area contributed by atoms with Gasteiger partial charge in [-0.05, 0) is 19.1 Å². The number of benzene rings is 2. The molecule has 0 heterocycles. The van der Waals surface area contributed by atoms with Gasteiger partial charge in [-0.1, -0.05) is 42.5 Å². The van der Waals surface area contributed by atoms with Gasteiger partial charge >= 0.3 is 0 Å². The number of hydrogen-bond donors (Lipinski definition) is 1. The third-order valence-electron chi connectivity index (χ3n) is 3.21. The maximum absolute atomic E-state index is 5.36. The molecule has 0 amide bonds. The summed E-state index contributed by atoms with van der Waals surface area (Å²) in [5.41, 5.74) is 2.59. The van der Waals surface area contributed by atoms with Gasteiger partial charge in [-0.15, -0.1) is 0 Å². The topological polar surface area (TPSA) is 25.8 Å². The highest BCUT2D eigenvalue weighted by Gasteiger charge is 2.09. The third kappa shape index (κ3) is 3.11. The lowest BCUT2D eigenvalue weighted by Crippen LogP contribution is -2.83. The first-order chi connectivity index (χ1) is 8.81. The van der Waals surface area contributed by atoms with Crippen molar-refractivity contribution in [3.05, 3.63) is 65.7 Å². The van der Waals surface area contributed by atoms with Crippen molar-refractivity contribution >= 4 is 0 Å². The Morgan fingerprint density at radius 3 is 2.39 bits per heavy atom. The molecule has 94 valence electrons. The molecule has 2 aromatic rings. The van der Waals surface area contributed by atoms with E-state index in [-0.39, 0.29) is 0 Å². The van der Waals surface area contributed by atoms with Crippen LogP contribution in [0.2, 0.25) is 0 Å². The molecule has 2 aromatic carbocycles. The monoisotopic (exact) mass is 242 g/mol. The van der Waals surface area contributed by atoms with Crippen molar-refractivity contribution in [1.82, 2.24) is 0 Å². The second-order valence-electron chi connectivity index (χ2n) is 4.45. The number of rotatable bonds is 5. The van der Waals surface area contributed by atoms with Crippen molar-refractivity contribution in [2.24, 2.45) is 0 Å². The van der Waals surface area contributed by atoms with Gasteiger partial charge in [-0.25, -0.2) is 0 Å². The highest BCUT2D eigenvalue weighted by molar-refractivity contribution is 5.32. The smallest absolute Gasteiger partial charge is 0.127 e. The van der Waals surface area contributed by atoms with E-state index >= 15 is 0 Å². The fourth-order valence-corrected chi connectivity index (χ4v) is 2.07. The summed E-state index contributed by atoms with van der Waals surface area (Å²) in [5.74, 6) is 0.967. The summed E-state index contributed by atoms with van der Waals surface area (Å²) in [6.45, 7) is 3.16. The summed E-state index contributed by atoms with van der Waals surface area (Å²) >= 11 is 0. The van der Waals surface area contributed by atoms with Crippen LogP contribution in [0.4, 0.5) is 0 Å². The predicted octanol–water partition coefficient (Wildman–Crippen LogP) is 2.52. The van der Waals surface area contributed by atoms with Crippen molar-refractivity contribution in [3.63, 3.8) is 0 Å². The van der Waals surface area contributed by atoms with E-state index in [1.54, 1.807) is 7.11 Å². The minimum absolute atomic E-state index is 0.455. The van der Waals surface area contributed by atoms with E-state index in [1.165, 1.54) is 11.1 Å². The van der Waals surface area contributed by atoms with Crippen LogP contribution in [0.15, 0.2) is 54.6 Å². The zero-order chi connectivity index (χ0) is 12.8. The highest BCUT2D eigenvalue weighted by Crippen LogP contribution is 2.16. The van der Waals surface area contributed by atoms with Gasteiger partial charge in [0.25, 0.3) is 0 Å². The van der Waals surface area contributed by atoms with Crippen molar-refractivity contribution in [2.75, 3.05) is 7.11 Å². The van der Waals surface area contributed by atoms with Crippen molar-refractivity contribution in [3.8, 4) is 5.75 Å². The standard InChI is InChI=1S/C16H19NO/c1-13(14-8-4-3-5-9-14)17-12-15-10-6-7-11-16(15)18-2/h3-11,13,17H,12H2,1-2H3/p+1/t13-/m0/s1. The molecule has 0 radical (unpaired) electrons. The van der Waals surface area contributed by atoms with Crippen LogP contribution in [0.25, 0.3) is 0 Å². The normalized spacial score (nSPS) is 12.1. The predicted molar refractivity (Wildman–Crippen MR) is 73.5 cm³/mol. The van der Waals surface area contributed by atoms with Crippen LogP contribution in [-0.2, 0) is 6.54 Å². The number of para-hydroxylation sites is 1. The number of nitrogens with two attached hydrogens (primary N) is 1. The van der Waals surface area contributed by atoms with Gasteiger partial charge in [0.1, 0.15) is 18.3 Å². The lowest BCUT2D eigenvalue weighted by atomic mass is 10.1. The summed E-state index contributed by atoms with van der Waals surface area (Å²) in [7, 11) is 1.72. The second kappa shape index (κ2) is 6.22. The molecule has 1 atom stereocenters. The summed E-state index contributed by atoms with van der Waals surface area (Å²) in [6, 6.07) is 19.2. The summed E-state index contributed by atoms with van der Waals surface area (Å²) < 4.78 is 5.36. The van der Waals surface area contributed by atoms with Crippen LogP contribution in [0.5, 0.6) is 5.75 Å². The van der Waals surface area contributed by atoms with Gasteiger partial charge in [-0.3, -0.25) is 0 Å². The minimum Gasteiger partial charge on any atom is -0.496 e. The molecule has 2 N–H and O–H groups in total. The van der Waals surface area contributed by atoms with E-state index < -0.39 is 0 Å². The van der Waals surface area contributed by atoms with Gasteiger partial charge in [0.05, 0.1) is 7.11 Å². The molecule has 0 spiro atoms. The van der Waals surface area contributed by atoms with Crippen LogP contribution in [0.1, 0.15) is 24.1 Å². The minimum atomic E-state index is 0.455. The molecule has 0 unspecified atom stereocenters. The van der Waals surface area contributed by atoms with Crippen LogP contribution >= 0.6 is 0 Å². The molecular weight excluding hydrogens is 222 g/mol. The molecule has 0 aromatic heterocycles. The largest absolute Gasteiger partial charge is 0.496 e. The number of methoxy groups -OCH3 is 1. The molecule has 2 heteroatoms. The first kappa shape index (κ1) is 12.7. The Morgan fingerprint density at radius 2 is 1.67 bits per heavy atom. The molecule has 18 heavy (non-hydrogen) atoms. The molecular formula is C16H20NO+. The average Bonchev–Trinajstić information content (AvgIpc) is 2.46. The summed E-state index contributed by atoms with van der Waals surface area (Å²) in [5, 5.41) is 2.33. The van der Waals surface area contributed by atoms with Crippen LogP contribution in [0, 0.1) is 0 Å². The Morgan fingerprint density at radius 1 is 1.00 bits per heavy atom. The molecule has 0 aliphatic rings. The lowest BCUT2D eigenvalue weighted by Gasteiger charge is -2.12. The zero-order valence-corrected chi connectivity index (χ0v) is 11.0. The van der Waals surface area contributed by atoms with Gasteiger partial charge in [0.2, 0.25) is 0 Å². The third-order valence-corrected chi connectivity index (χ3v) is 3.21. The van der Waals surface area contributed by atoms with Crippen molar-refractivity contribution in [2.45, 2.75) is 19.5 Å². The summed E-state index contributed by atoms with van der Waals surface area (Å²) in [4.78, 5) is 0. The quantitative estimate of drug-likeness (QED) is 0.856. The number of hydrogen-bond acceptors (Lipinski definition) is 1. The van der Waals surface area contributed by atoms with E-state index in [0.29, 0.717) is 6.04 Å². The van der Waals surface area contributed by atoms with Crippen LogP contribution in [-0.4, -0.2) is 7.11 Å². The molecule has 0 saturated heterocycles. The SMILES string of the molecule is COc1ccccc1C[NH2+][C@@H](C)c1ccccc1. The second-order valence-corrected chi connectivity index (χ2v) is 4.45. The molecule has 0 aliphatic heterocycles. The molecule has 0 saturated carbocycles. The maximum atomic E-state index is 5.36. The first-order valence-corrected chi connectivity index (χ1v) is 6.31. The van der Waals surface area contributed by atoms with Gasteiger partial charge in [0.15, 0.2) is 0 Å². The van der Waals surface area contributed by atoms with Crippen molar-refractivity contribution in [1.29, 1.82) is 0 Å². The molecule has 2 nitrogen and oxygen atoms in total. The van der Waals surface area contributed by atoms with E-state index in [9.17, 15) is 0 Å². The average molecular weight is 242 g/mol. The lowest BCUT2D eigenvalue weighted by molar-refractivity contribution is -0.708. The number of quaternary nitrogens is 1. The Labute approximate surface area is 109 Å². The fourth-order valence-electron chi connectivity index (χ4n) is 2.07. The number of ether oxygens (including phenoxy) is 1. The van der Waals surface area contributed by atoms with Gasteiger partial charge < -0.3 is 10.1 Å². The van der Waals surface area contributed by atoms with E-state index in [4.69, 9.17) is 4.74 Å². The first-order valence-electron chi connectivity index (χ1n) is 6.31. The zero-order valence-electron chi connectivity index (χ0n) is 11.0. The molecule has 0 bridgehead atoms. The molecule has 0 aliphatic carbocycles. The van der Waals surface area contributed by atoms with Gasteiger partial charge in [-0.2, -0.15) is 0 Å². The molecule has 2 rings (SSSR count). The Balaban J connectivity index is 1.99. The van der Waals surface area contributed by atoms with Crippen LogP contribution < -0.4 is 10.1 Å². The van der Waals surface area contributed by atoms with E-state index in [1.807, 2.05) is 12.1 Å². The Hall–Kier alpha value is -1.80. The Kier molecular flexibility index (Phi) is 4.37. The Bertz CT molecular complexity index is 481.